The van der Waals surface area contributed by atoms with Crippen molar-refractivity contribution in [2.45, 2.75) is 29.5 Å². The highest BCUT2D eigenvalue weighted by molar-refractivity contribution is 8.00. The fourth-order valence-corrected chi connectivity index (χ4v) is 4.00. The number of halogens is 2. The van der Waals surface area contributed by atoms with Crippen molar-refractivity contribution in [3.63, 3.8) is 0 Å². The highest BCUT2D eigenvalue weighted by atomic mass is 35.5. The molecule has 25 heavy (non-hydrogen) atoms. The highest BCUT2D eigenvalue weighted by Crippen LogP contribution is 2.33. The van der Waals surface area contributed by atoms with E-state index in [1.807, 2.05) is 0 Å². The van der Waals surface area contributed by atoms with Crippen LogP contribution in [0.1, 0.15) is 29.6 Å². The lowest BCUT2D eigenvalue weighted by Gasteiger charge is -2.22. The SMILES string of the molecule is O=C(c1ccc(F)cc1)N1CCCC[C@@H](Sc2ncccc2Cl)C1=O. The minimum absolute atomic E-state index is 0.251. The first-order chi connectivity index (χ1) is 12.1. The van der Waals surface area contributed by atoms with Gasteiger partial charge in [-0.1, -0.05) is 29.8 Å². The van der Waals surface area contributed by atoms with Gasteiger partial charge in [0.15, 0.2) is 0 Å². The number of thioether (sulfide) groups is 1. The van der Waals surface area contributed by atoms with Gasteiger partial charge in [0.1, 0.15) is 10.8 Å². The Morgan fingerprint density at radius 2 is 2.00 bits per heavy atom. The van der Waals surface area contributed by atoms with Crippen LogP contribution in [0.2, 0.25) is 5.02 Å². The Kier molecular flexibility index (Phi) is 5.71. The average molecular weight is 379 g/mol. The minimum Gasteiger partial charge on any atom is -0.278 e. The van der Waals surface area contributed by atoms with Crippen LogP contribution in [0.5, 0.6) is 0 Å². The van der Waals surface area contributed by atoms with Crippen LogP contribution in [0, 0.1) is 5.82 Å². The Morgan fingerprint density at radius 1 is 1.24 bits per heavy atom. The second-order valence-electron chi connectivity index (χ2n) is 5.69. The quantitative estimate of drug-likeness (QED) is 0.751. The normalized spacial score (nSPS) is 18.1. The molecule has 0 bridgehead atoms. The van der Waals surface area contributed by atoms with E-state index in [9.17, 15) is 14.0 Å². The summed E-state index contributed by atoms with van der Waals surface area (Å²) in [4.78, 5) is 31.0. The van der Waals surface area contributed by atoms with Gasteiger partial charge in [-0.2, -0.15) is 0 Å². The van der Waals surface area contributed by atoms with Crippen molar-refractivity contribution in [3.8, 4) is 0 Å². The Bertz CT molecular complexity index is 785. The van der Waals surface area contributed by atoms with Crippen LogP contribution in [-0.2, 0) is 4.79 Å². The lowest BCUT2D eigenvalue weighted by molar-refractivity contribution is -0.127. The first-order valence-corrected chi connectivity index (χ1v) is 9.20. The standard InChI is InChI=1S/C18H16ClFN2O2S/c19-14-4-3-10-21-16(14)25-15-5-1-2-11-22(18(15)24)17(23)12-6-8-13(20)9-7-12/h3-4,6-10,15H,1-2,5,11H2/t15-/m1/s1. The van der Waals surface area contributed by atoms with Gasteiger partial charge in [-0.05, 0) is 49.2 Å². The number of likely N-dealkylation sites (tertiary alicyclic amines) is 1. The molecule has 1 saturated heterocycles. The summed E-state index contributed by atoms with van der Waals surface area (Å²) < 4.78 is 13.1. The van der Waals surface area contributed by atoms with E-state index in [0.717, 1.165) is 12.8 Å². The van der Waals surface area contributed by atoms with Crippen LogP contribution in [0.15, 0.2) is 47.6 Å². The monoisotopic (exact) mass is 378 g/mol. The highest BCUT2D eigenvalue weighted by Gasteiger charge is 2.32. The van der Waals surface area contributed by atoms with Crippen LogP contribution in [0.3, 0.4) is 0 Å². The zero-order chi connectivity index (χ0) is 17.8. The molecule has 2 amide bonds. The molecule has 1 aliphatic heterocycles. The van der Waals surface area contributed by atoms with Crippen LogP contribution in [-0.4, -0.2) is 33.5 Å². The molecule has 0 saturated carbocycles. The van der Waals surface area contributed by atoms with E-state index in [1.165, 1.54) is 40.9 Å². The maximum absolute atomic E-state index is 13.1. The molecule has 0 N–H and O–H groups in total. The minimum atomic E-state index is -0.419. The van der Waals surface area contributed by atoms with E-state index < -0.39 is 17.0 Å². The third kappa shape index (κ3) is 4.19. The summed E-state index contributed by atoms with van der Waals surface area (Å²) >= 11 is 7.42. The number of aromatic nitrogens is 1. The molecular weight excluding hydrogens is 363 g/mol. The van der Waals surface area contributed by atoms with Crippen molar-refractivity contribution in [1.29, 1.82) is 0 Å². The molecule has 2 aromatic rings. The second-order valence-corrected chi connectivity index (χ2v) is 7.29. The maximum atomic E-state index is 13.1. The molecule has 0 radical (unpaired) electrons. The summed E-state index contributed by atoms with van der Waals surface area (Å²) in [7, 11) is 0. The number of carbonyl (C=O) groups is 2. The zero-order valence-electron chi connectivity index (χ0n) is 13.3. The molecule has 1 aromatic heterocycles. The Hall–Kier alpha value is -1.92. The van der Waals surface area contributed by atoms with Crippen LogP contribution in [0.25, 0.3) is 0 Å². The Labute approximate surface area is 154 Å². The molecule has 130 valence electrons. The smallest absolute Gasteiger partial charge is 0.260 e. The number of amides is 2. The largest absolute Gasteiger partial charge is 0.278 e. The van der Waals surface area contributed by atoms with Crippen LogP contribution >= 0.6 is 23.4 Å². The predicted molar refractivity (Wildman–Crippen MR) is 95.2 cm³/mol. The number of hydrogen-bond acceptors (Lipinski definition) is 4. The number of nitrogens with zero attached hydrogens (tertiary/aromatic N) is 2. The van der Waals surface area contributed by atoms with Crippen molar-refractivity contribution in [2.24, 2.45) is 0 Å². The molecule has 1 atom stereocenters. The summed E-state index contributed by atoms with van der Waals surface area (Å²) in [5, 5.41) is 0.652. The summed E-state index contributed by atoms with van der Waals surface area (Å²) in [6, 6.07) is 8.68. The lowest BCUT2D eigenvalue weighted by Crippen LogP contribution is -2.41. The summed E-state index contributed by atoms with van der Waals surface area (Å²) in [6.45, 7) is 0.363. The topological polar surface area (TPSA) is 50.3 Å². The van der Waals surface area contributed by atoms with Gasteiger partial charge in [-0.25, -0.2) is 9.37 Å². The van der Waals surface area contributed by atoms with E-state index in [4.69, 9.17) is 11.6 Å². The number of pyridine rings is 1. The molecule has 1 fully saturated rings. The molecule has 0 spiro atoms. The molecule has 3 rings (SSSR count). The second kappa shape index (κ2) is 7.97. The van der Waals surface area contributed by atoms with Crippen LogP contribution in [0.4, 0.5) is 4.39 Å². The van der Waals surface area contributed by atoms with Gasteiger partial charge < -0.3 is 0 Å². The van der Waals surface area contributed by atoms with Gasteiger partial charge in [0.05, 0.1) is 10.3 Å². The zero-order valence-corrected chi connectivity index (χ0v) is 14.9. The predicted octanol–water partition coefficient (Wildman–Crippen LogP) is 4.19. The molecule has 1 aliphatic rings. The third-order valence-electron chi connectivity index (χ3n) is 3.95. The average Bonchev–Trinajstić information content (AvgIpc) is 2.79. The van der Waals surface area contributed by atoms with Crippen molar-refractivity contribution in [2.75, 3.05) is 6.54 Å². The van der Waals surface area contributed by atoms with E-state index in [-0.39, 0.29) is 5.91 Å². The Balaban J connectivity index is 1.80. The molecule has 1 aromatic carbocycles. The number of carbonyl (C=O) groups excluding carboxylic acids is 2. The van der Waals surface area contributed by atoms with E-state index >= 15 is 0 Å². The number of rotatable bonds is 3. The van der Waals surface area contributed by atoms with Crippen molar-refractivity contribution < 1.29 is 14.0 Å². The fourth-order valence-electron chi connectivity index (χ4n) is 2.66. The molecule has 7 heteroatoms. The lowest BCUT2D eigenvalue weighted by atomic mass is 10.2. The molecular formula is C18H16ClFN2O2S. The van der Waals surface area contributed by atoms with E-state index in [0.29, 0.717) is 28.6 Å². The number of hydrogen-bond donors (Lipinski definition) is 0. The van der Waals surface area contributed by atoms with E-state index in [2.05, 4.69) is 4.98 Å². The van der Waals surface area contributed by atoms with E-state index in [1.54, 1.807) is 18.3 Å². The molecule has 0 unspecified atom stereocenters. The molecule has 2 heterocycles. The van der Waals surface area contributed by atoms with Crippen molar-refractivity contribution in [1.82, 2.24) is 9.88 Å². The molecule has 4 nitrogen and oxygen atoms in total. The summed E-state index contributed by atoms with van der Waals surface area (Å²) in [6.07, 6.45) is 3.85. The maximum Gasteiger partial charge on any atom is 0.260 e. The van der Waals surface area contributed by atoms with Gasteiger partial charge >= 0.3 is 0 Å². The van der Waals surface area contributed by atoms with Crippen molar-refractivity contribution >= 4 is 35.2 Å². The molecule has 0 aliphatic carbocycles. The Morgan fingerprint density at radius 3 is 2.72 bits per heavy atom. The van der Waals surface area contributed by atoms with Gasteiger partial charge in [0.2, 0.25) is 5.91 Å². The van der Waals surface area contributed by atoms with Gasteiger partial charge in [-0.15, -0.1) is 0 Å². The van der Waals surface area contributed by atoms with Gasteiger partial charge in [0, 0.05) is 18.3 Å². The number of imide groups is 1. The van der Waals surface area contributed by atoms with Crippen LogP contribution < -0.4 is 0 Å². The fraction of sp³-hybridized carbons (Fsp3) is 0.278. The summed E-state index contributed by atoms with van der Waals surface area (Å²) in [5.41, 5.74) is 0.302. The van der Waals surface area contributed by atoms with Gasteiger partial charge in [0.25, 0.3) is 5.91 Å². The van der Waals surface area contributed by atoms with Gasteiger partial charge in [-0.3, -0.25) is 14.5 Å². The summed E-state index contributed by atoms with van der Waals surface area (Å²) in [5.74, 6) is -1.07. The van der Waals surface area contributed by atoms with Crippen molar-refractivity contribution in [3.05, 3.63) is 59.0 Å². The third-order valence-corrected chi connectivity index (χ3v) is 5.64. The first kappa shape index (κ1) is 17.9. The first-order valence-electron chi connectivity index (χ1n) is 7.94. The number of benzene rings is 1.